The SMILES string of the molecule is CC1(C)CCN(C(=O)[C@H](N)Cc2ccc(O)cc2)CCS1. The minimum Gasteiger partial charge on any atom is -0.508 e. The average molecular weight is 308 g/mol. The Hall–Kier alpha value is -1.20. The van der Waals surface area contributed by atoms with Gasteiger partial charge in [0.15, 0.2) is 0 Å². The van der Waals surface area contributed by atoms with E-state index in [9.17, 15) is 9.90 Å². The summed E-state index contributed by atoms with van der Waals surface area (Å²) in [4.78, 5) is 14.4. The third kappa shape index (κ3) is 4.64. The molecule has 0 aliphatic carbocycles. The van der Waals surface area contributed by atoms with Crippen LogP contribution in [0.25, 0.3) is 0 Å². The Morgan fingerprint density at radius 1 is 1.38 bits per heavy atom. The molecular formula is C16H24N2O2S. The lowest BCUT2D eigenvalue weighted by molar-refractivity contribution is -0.132. The second kappa shape index (κ2) is 6.71. The fraction of sp³-hybridized carbons (Fsp3) is 0.562. The first-order valence-electron chi connectivity index (χ1n) is 7.34. The summed E-state index contributed by atoms with van der Waals surface area (Å²) in [5, 5.41) is 9.28. The first-order valence-corrected chi connectivity index (χ1v) is 8.32. The highest BCUT2D eigenvalue weighted by molar-refractivity contribution is 8.00. The van der Waals surface area contributed by atoms with Gasteiger partial charge in [-0.05, 0) is 30.5 Å². The Balaban J connectivity index is 1.94. The van der Waals surface area contributed by atoms with E-state index in [1.54, 1.807) is 12.1 Å². The summed E-state index contributed by atoms with van der Waals surface area (Å²) in [5.41, 5.74) is 7.05. The highest BCUT2D eigenvalue weighted by Crippen LogP contribution is 2.30. The van der Waals surface area contributed by atoms with Crippen molar-refractivity contribution in [3.63, 3.8) is 0 Å². The summed E-state index contributed by atoms with van der Waals surface area (Å²) in [6.45, 7) is 6.00. The van der Waals surface area contributed by atoms with Gasteiger partial charge in [-0.15, -0.1) is 0 Å². The van der Waals surface area contributed by atoms with Gasteiger partial charge in [0.2, 0.25) is 5.91 Å². The third-order valence-corrected chi connectivity index (χ3v) is 5.23. The van der Waals surface area contributed by atoms with Crippen LogP contribution < -0.4 is 5.73 Å². The molecule has 1 amide bonds. The number of aromatic hydroxyl groups is 1. The minimum atomic E-state index is -0.513. The van der Waals surface area contributed by atoms with Crippen LogP contribution in [0.3, 0.4) is 0 Å². The monoisotopic (exact) mass is 308 g/mol. The lowest BCUT2D eigenvalue weighted by atomic mass is 10.0. The van der Waals surface area contributed by atoms with Crippen LogP contribution in [-0.2, 0) is 11.2 Å². The third-order valence-electron chi connectivity index (χ3n) is 3.86. The molecule has 1 aliphatic heterocycles. The van der Waals surface area contributed by atoms with Crippen LogP contribution in [0.1, 0.15) is 25.8 Å². The van der Waals surface area contributed by atoms with Gasteiger partial charge in [-0.2, -0.15) is 11.8 Å². The standard InChI is InChI=1S/C16H24N2O2S/c1-16(2)7-8-18(9-10-21-16)15(20)14(17)11-12-3-5-13(19)6-4-12/h3-6,14,19H,7-11,17H2,1-2H3/t14-/m1/s1. The van der Waals surface area contributed by atoms with E-state index < -0.39 is 6.04 Å². The van der Waals surface area contributed by atoms with Gasteiger partial charge in [-0.25, -0.2) is 0 Å². The van der Waals surface area contributed by atoms with Crippen LogP contribution in [0.4, 0.5) is 0 Å². The molecule has 0 bridgehead atoms. The zero-order valence-corrected chi connectivity index (χ0v) is 13.5. The highest BCUT2D eigenvalue weighted by atomic mass is 32.2. The number of hydrogen-bond donors (Lipinski definition) is 2. The maximum Gasteiger partial charge on any atom is 0.239 e. The molecule has 0 saturated carbocycles. The summed E-state index contributed by atoms with van der Waals surface area (Å²) in [5.74, 6) is 1.22. The highest BCUT2D eigenvalue weighted by Gasteiger charge is 2.28. The van der Waals surface area contributed by atoms with Crippen molar-refractivity contribution >= 4 is 17.7 Å². The molecule has 1 aromatic carbocycles. The van der Waals surface area contributed by atoms with Gasteiger partial charge in [-0.1, -0.05) is 26.0 Å². The van der Waals surface area contributed by atoms with Gasteiger partial charge in [0.05, 0.1) is 6.04 Å². The van der Waals surface area contributed by atoms with Crippen molar-refractivity contribution in [2.75, 3.05) is 18.8 Å². The van der Waals surface area contributed by atoms with E-state index in [0.717, 1.165) is 30.8 Å². The summed E-state index contributed by atoms with van der Waals surface area (Å²) < 4.78 is 0.232. The van der Waals surface area contributed by atoms with Gasteiger partial charge in [0.1, 0.15) is 5.75 Å². The van der Waals surface area contributed by atoms with Crippen molar-refractivity contribution in [1.29, 1.82) is 0 Å². The molecule has 116 valence electrons. The number of phenolic OH excluding ortho intramolecular Hbond substituents is 1. The van der Waals surface area contributed by atoms with Gasteiger partial charge in [0, 0.05) is 23.6 Å². The van der Waals surface area contributed by atoms with Crippen LogP contribution >= 0.6 is 11.8 Å². The number of nitrogens with two attached hydrogens (primary N) is 1. The molecule has 0 radical (unpaired) electrons. The van der Waals surface area contributed by atoms with E-state index in [0.29, 0.717) is 6.42 Å². The molecular weight excluding hydrogens is 284 g/mol. The zero-order valence-electron chi connectivity index (χ0n) is 12.7. The first-order chi connectivity index (χ1) is 9.87. The largest absolute Gasteiger partial charge is 0.508 e. The van der Waals surface area contributed by atoms with Gasteiger partial charge in [0.25, 0.3) is 0 Å². The van der Waals surface area contributed by atoms with Crippen LogP contribution in [-0.4, -0.2) is 45.5 Å². The van der Waals surface area contributed by atoms with Crippen LogP contribution in [0.5, 0.6) is 5.75 Å². The fourth-order valence-electron chi connectivity index (χ4n) is 2.45. The predicted molar refractivity (Wildman–Crippen MR) is 87.5 cm³/mol. The normalized spacial score (nSPS) is 19.9. The maximum absolute atomic E-state index is 12.5. The van der Waals surface area contributed by atoms with E-state index in [2.05, 4.69) is 13.8 Å². The molecule has 0 aromatic heterocycles. The van der Waals surface area contributed by atoms with Crippen molar-refractivity contribution < 1.29 is 9.90 Å². The minimum absolute atomic E-state index is 0.0291. The number of nitrogens with zero attached hydrogens (tertiary/aromatic N) is 1. The van der Waals surface area contributed by atoms with E-state index in [1.807, 2.05) is 28.8 Å². The van der Waals surface area contributed by atoms with E-state index in [1.165, 1.54) is 0 Å². The molecule has 4 nitrogen and oxygen atoms in total. The number of carbonyl (C=O) groups is 1. The number of amides is 1. The van der Waals surface area contributed by atoms with E-state index >= 15 is 0 Å². The maximum atomic E-state index is 12.5. The molecule has 1 fully saturated rings. The van der Waals surface area contributed by atoms with E-state index in [-0.39, 0.29) is 16.4 Å². The molecule has 0 spiro atoms. The van der Waals surface area contributed by atoms with Crippen molar-refractivity contribution in [2.24, 2.45) is 5.73 Å². The molecule has 5 heteroatoms. The Morgan fingerprint density at radius 2 is 2.05 bits per heavy atom. The second-order valence-corrected chi connectivity index (χ2v) is 7.96. The predicted octanol–water partition coefficient (Wildman–Crippen LogP) is 2.01. The van der Waals surface area contributed by atoms with Crippen molar-refractivity contribution in [1.82, 2.24) is 4.90 Å². The topological polar surface area (TPSA) is 66.6 Å². The molecule has 1 saturated heterocycles. The zero-order chi connectivity index (χ0) is 15.5. The molecule has 3 N–H and O–H groups in total. The molecule has 21 heavy (non-hydrogen) atoms. The van der Waals surface area contributed by atoms with Crippen molar-refractivity contribution in [2.45, 2.75) is 37.5 Å². The number of rotatable bonds is 3. The van der Waals surface area contributed by atoms with Crippen molar-refractivity contribution in [3.8, 4) is 5.75 Å². The second-order valence-electron chi connectivity index (χ2n) is 6.16. The first kappa shape index (κ1) is 16.2. The Labute approximate surface area is 130 Å². The molecule has 1 aliphatic rings. The Morgan fingerprint density at radius 3 is 2.71 bits per heavy atom. The van der Waals surface area contributed by atoms with Gasteiger partial charge in [-0.3, -0.25) is 4.79 Å². The average Bonchev–Trinajstić information content (AvgIpc) is 2.61. The van der Waals surface area contributed by atoms with Crippen LogP contribution in [0.15, 0.2) is 24.3 Å². The molecule has 2 rings (SSSR count). The lowest BCUT2D eigenvalue weighted by Gasteiger charge is -2.25. The smallest absolute Gasteiger partial charge is 0.239 e. The van der Waals surface area contributed by atoms with Crippen LogP contribution in [0.2, 0.25) is 0 Å². The summed E-state index contributed by atoms with van der Waals surface area (Å²) in [7, 11) is 0. The molecule has 1 atom stereocenters. The van der Waals surface area contributed by atoms with Crippen molar-refractivity contribution in [3.05, 3.63) is 29.8 Å². The quantitative estimate of drug-likeness (QED) is 0.896. The number of phenols is 1. The molecule has 1 heterocycles. The summed E-state index contributed by atoms with van der Waals surface area (Å²) in [6.07, 6.45) is 1.50. The van der Waals surface area contributed by atoms with Gasteiger partial charge >= 0.3 is 0 Å². The van der Waals surface area contributed by atoms with Gasteiger partial charge < -0.3 is 15.7 Å². The summed E-state index contributed by atoms with van der Waals surface area (Å²) in [6, 6.07) is 6.35. The van der Waals surface area contributed by atoms with E-state index in [4.69, 9.17) is 5.73 Å². The Kier molecular flexibility index (Phi) is 5.17. The number of hydrogen-bond acceptors (Lipinski definition) is 4. The van der Waals surface area contributed by atoms with Crippen LogP contribution in [0, 0.1) is 0 Å². The molecule has 1 aromatic rings. The summed E-state index contributed by atoms with van der Waals surface area (Å²) >= 11 is 1.92. The lowest BCUT2D eigenvalue weighted by Crippen LogP contribution is -2.46. The fourth-order valence-corrected chi connectivity index (χ4v) is 3.55. The number of carbonyl (C=O) groups excluding carboxylic acids is 1. The number of thioether (sulfide) groups is 1. The number of benzene rings is 1. The Bertz CT molecular complexity index is 488. The molecule has 0 unspecified atom stereocenters.